The lowest BCUT2D eigenvalue weighted by Gasteiger charge is -2.11. The fraction of sp³-hybridized carbons (Fsp3) is 0.680. The van der Waals surface area contributed by atoms with Crippen molar-refractivity contribution in [3.63, 3.8) is 0 Å². The van der Waals surface area contributed by atoms with Gasteiger partial charge >= 0.3 is 11.9 Å². The van der Waals surface area contributed by atoms with Crippen LogP contribution in [0.1, 0.15) is 96.8 Å². The van der Waals surface area contributed by atoms with E-state index >= 15 is 0 Å². The van der Waals surface area contributed by atoms with Crippen molar-refractivity contribution in [1.29, 1.82) is 0 Å². The zero-order valence-electron chi connectivity index (χ0n) is 19.8. The maximum atomic E-state index is 11.8. The number of rotatable bonds is 19. The summed E-state index contributed by atoms with van der Waals surface area (Å²) in [5.74, 6) is -1.39. The lowest BCUT2D eigenvalue weighted by atomic mass is 10.0. The zero-order chi connectivity index (χ0) is 24.3. The highest BCUT2D eigenvalue weighted by Gasteiger charge is 2.20. The number of esters is 2. The van der Waals surface area contributed by atoms with Gasteiger partial charge in [0.1, 0.15) is 12.4 Å². The van der Waals surface area contributed by atoms with Crippen LogP contribution >= 0.6 is 0 Å². The van der Waals surface area contributed by atoms with E-state index in [1.807, 2.05) is 0 Å². The summed E-state index contributed by atoms with van der Waals surface area (Å²) in [5.41, 5.74) is -0.141. The second-order valence-corrected chi connectivity index (χ2v) is 8.36. The van der Waals surface area contributed by atoms with Gasteiger partial charge in [0.25, 0.3) is 5.69 Å². The van der Waals surface area contributed by atoms with Crippen LogP contribution in [0.25, 0.3) is 0 Å². The first-order valence-corrected chi connectivity index (χ1v) is 12.2. The molecule has 8 nitrogen and oxygen atoms in total. The molecule has 0 saturated carbocycles. The van der Waals surface area contributed by atoms with Gasteiger partial charge in [-0.15, -0.1) is 0 Å². The lowest BCUT2D eigenvalue weighted by Crippen LogP contribution is -2.31. The molecular weight excluding hydrogens is 426 g/mol. The normalized spacial score (nSPS) is 11.7. The fourth-order valence-corrected chi connectivity index (χ4v) is 3.42. The molecule has 0 amide bonds. The van der Waals surface area contributed by atoms with Gasteiger partial charge in [0.2, 0.25) is 0 Å². The van der Waals surface area contributed by atoms with Crippen molar-refractivity contribution in [2.45, 2.75) is 103 Å². The number of nitrogens with zero attached hydrogens (tertiary/aromatic N) is 1. The summed E-state index contributed by atoms with van der Waals surface area (Å²) in [6.07, 6.45) is 14.5. The molecule has 8 heteroatoms. The van der Waals surface area contributed by atoms with E-state index in [2.05, 4.69) is 6.92 Å². The quantitative estimate of drug-likeness (QED) is 0.0890. The smallest absolute Gasteiger partial charge is 0.343 e. The van der Waals surface area contributed by atoms with Gasteiger partial charge in [0.15, 0.2) is 6.10 Å². The van der Waals surface area contributed by atoms with Crippen molar-refractivity contribution in [3.8, 4) is 5.75 Å². The number of nitro groups is 1. The summed E-state index contributed by atoms with van der Waals surface area (Å²) in [5, 5.41) is 20.4. The molecule has 1 atom stereocenters. The van der Waals surface area contributed by atoms with Crippen LogP contribution in [0, 0.1) is 10.1 Å². The number of benzene rings is 1. The zero-order valence-corrected chi connectivity index (χ0v) is 19.8. The maximum Gasteiger partial charge on any atom is 0.343 e. The minimum Gasteiger partial charge on any atom is -0.462 e. The van der Waals surface area contributed by atoms with Crippen LogP contribution in [-0.2, 0) is 14.3 Å². The van der Waals surface area contributed by atoms with Crippen molar-refractivity contribution in [2.24, 2.45) is 0 Å². The third-order valence-corrected chi connectivity index (χ3v) is 5.42. The van der Waals surface area contributed by atoms with Crippen LogP contribution < -0.4 is 4.74 Å². The summed E-state index contributed by atoms with van der Waals surface area (Å²) < 4.78 is 9.86. The topological polar surface area (TPSA) is 116 Å². The second kappa shape index (κ2) is 18.0. The van der Waals surface area contributed by atoms with E-state index in [9.17, 15) is 24.8 Å². The van der Waals surface area contributed by atoms with E-state index in [4.69, 9.17) is 9.47 Å². The fourth-order valence-electron chi connectivity index (χ4n) is 3.42. The molecule has 0 bridgehead atoms. The first kappa shape index (κ1) is 28.6. The Balaban J connectivity index is 2.01. The van der Waals surface area contributed by atoms with E-state index < -0.39 is 29.6 Å². The van der Waals surface area contributed by atoms with Gasteiger partial charge in [-0.1, -0.05) is 84.0 Å². The molecule has 0 aliphatic carbocycles. The second-order valence-electron chi connectivity index (χ2n) is 8.36. The first-order chi connectivity index (χ1) is 15.9. The molecule has 0 spiro atoms. The van der Waals surface area contributed by atoms with Gasteiger partial charge in [-0.2, -0.15) is 0 Å². The molecule has 0 aliphatic heterocycles. The Hall–Kier alpha value is -2.48. The summed E-state index contributed by atoms with van der Waals surface area (Å²) in [7, 11) is 0. The monoisotopic (exact) mass is 465 g/mol. The molecule has 33 heavy (non-hydrogen) atoms. The van der Waals surface area contributed by atoms with Crippen molar-refractivity contribution in [2.75, 3.05) is 6.61 Å². The minimum absolute atomic E-state index is 0.0583. The van der Waals surface area contributed by atoms with Gasteiger partial charge in [-0.05, 0) is 18.6 Å². The molecule has 0 heterocycles. The van der Waals surface area contributed by atoms with E-state index in [0.29, 0.717) is 0 Å². The third-order valence-electron chi connectivity index (χ3n) is 5.42. The molecule has 0 aliphatic rings. The lowest BCUT2D eigenvalue weighted by molar-refractivity contribution is -0.384. The summed E-state index contributed by atoms with van der Waals surface area (Å²) in [6.45, 7) is 1.75. The Bertz CT molecular complexity index is 691. The number of unbranched alkanes of at least 4 members (excludes halogenated alkanes) is 12. The van der Waals surface area contributed by atoms with Crippen molar-refractivity contribution < 1.29 is 29.1 Å². The third kappa shape index (κ3) is 14.3. The Morgan fingerprint density at radius 1 is 0.879 bits per heavy atom. The molecule has 0 fully saturated rings. The Labute approximate surface area is 196 Å². The van der Waals surface area contributed by atoms with Crippen LogP contribution in [0.2, 0.25) is 0 Å². The van der Waals surface area contributed by atoms with E-state index in [0.717, 1.165) is 19.3 Å². The molecule has 0 radical (unpaired) electrons. The number of nitro benzene ring substituents is 1. The molecule has 0 unspecified atom stereocenters. The molecule has 1 aromatic rings. The maximum absolute atomic E-state index is 11.8. The van der Waals surface area contributed by atoms with Crippen molar-refractivity contribution in [1.82, 2.24) is 0 Å². The van der Waals surface area contributed by atoms with Crippen LogP contribution in [-0.4, -0.2) is 34.7 Å². The summed E-state index contributed by atoms with van der Waals surface area (Å²) in [4.78, 5) is 33.7. The van der Waals surface area contributed by atoms with E-state index in [1.54, 1.807) is 0 Å². The van der Waals surface area contributed by atoms with Gasteiger partial charge in [0.05, 0.1) is 4.92 Å². The molecule has 1 N–H and O–H groups in total. The number of carbonyl (C=O) groups is 2. The van der Waals surface area contributed by atoms with E-state index in [-0.39, 0.29) is 17.9 Å². The molecule has 1 aromatic carbocycles. The standard InChI is InChI=1S/C25H39NO7/c1-2-3-4-5-6-7-8-9-10-11-12-13-14-15-24(28)32-20-23(27)25(29)33-22-18-16-21(17-19-22)26(30)31/h16-19,23,27H,2-15,20H2,1H3/t23-/m1/s1. The van der Waals surface area contributed by atoms with Gasteiger partial charge in [-0.25, -0.2) is 4.79 Å². The van der Waals surface area contributed by atoms with Crippen molar-refractivity contribution in [3.05, 3.63) is 34.4 Å². The molecular formula is C25H39NO7. The van der Waals surface area contributed by atoms with Crippen molar-refractivity contribution >= 4 is 17.6 Å². The van der Waals surface area contributed by atoms with Crippen LogP contribution in [0.4, 0.5) is 5.69 Å². The number of non-ortho nitro benzene ring substituents is 1. The predicted molar refractivity (Wildman–Crippen MR) is 126 cm³/mol. The SMILES string of the molecule is CCCCCCCCCCCCCCCC(=O)OC[C@@H](O)C(=O)Oc1ccc([N+](=O)[O-])cc1. The average molecular weight is 466 g/mol. The number of hydrogen-bond acceptors (Lipinski definition) is 7. The largest absolute Gasteiger partial charge is 0.462 e. The Kier molecular flexibility index (Phi) is 15.6. The molecule has 1 rings (SSSR count). The highest BCUT2D eigenvalue weighted by Crippen LogP contribution is 2.18. The Morgan fingerprint density at radius 3 is 1.85 bits per heavy atom. The van der Waals surface area contributed by atoms with Gasteiger partial charge in [0, 0.05) is 18.6 Å². The van der Waals surface area contributed by atoms with Crippen LogP contribution in [0.3, 0.4) is 0 Å². The predicted octanol–water partition coefficient (Wildman–Crippen LogP) is 5.89. The minimum atomic E-state index is -1.62. The first-order valence-electron chi connectivity index (χ1n) is 12.2. The summed E-state index contributed by atoms with van der Waals surface area (Å²) >= 11 is 0. The van der Waals surface area contributed by atoms with E-state index in [1.165, 1.54) is 88.5 Å². The number of aliphatic hydroxyl groups excluding tert-OH is 1. The van der Waals surface area contributed by atoms with Crippen LogP contribution in [0.15, 0.2) is 24.3 Å². The Morgan fingerprint density at radius 2 is 1.36 bits per heavy atom. The highest BCUT2D eigenvalue weighted by atomic mass is 16.6. The average Bonchev–Trinajstić information content (AvgIpc) is 2.80. The van der Waals surface area contributed by atoms with Gasteiger partial charge in [-0.3, -0.25) is 14.9 Å². The number of ether oxygens (including phenoxy) is 2. The summed E-state index contributed by atoms with van der Waals surface area (Å²) in [6, 6.07) is 4.88. The number of hydrogen-bond donors (Lipinski definition) is 1. The number of carbonyl (C=O) groups excluding carboxylic acids is 2. The van der Waals surface area contributed by atoms with Gasteiger partial charge < -0.3 is 14.6 Å². The van der Waals surface area contributed by atoms with Crippen LogP contribution in [0.5, 0.6) is 5.75 Å². The highest BCUT2D eigenvalue weighted by molar-refractivity contribution is 5.77. The number of aliphatic hydroxyl groups is 1. The molecule has 186 valence electrons. The molecule has 0 aromatic heterocycles. The molecule has 0 saturated heterocycles.